The first-order valence-corrected chi connectivity index (χ1v) is 14.2. The number of nitrogens with zero attached hydrogens (tertiary/aromatic N) is 6. The highest BCUT2D eigenvalue weighted by atomic mass is 32.2. The predicted octanol–water partition coefficient (Wildman–Crippen LogP) is 4.06. The van der Waals surface area contributed by atoms with Gasteiger partial charge in [-0.25, -0.2) is 27.8 Å². The summed E-state index contributed by atoms with van der Waals surface area (Å²) >= 11 is 0. The average molecular weight is 525 g/mol. The fraction of sp³-hybridized carbons (Fsp3) is 0.385. The second-order valence-corrected chi connectivity index (χ2v) is 11.2. The molecule has 1 aromatic carbocycles. The molecule has 0 aliphatic carbocycles. The molecule has 4 heterocycles. The van der Waals surface area contributed by atoms with Crippen LogP contribution in [0.15, 0.2) is 48.0 Å². The molecule has 37 heavy (non-hydrogen) atoms. The van der Waals surface area contributed by atoms with E-state index < -0.39 is 15.7 Å². The number of anilines is 1. The molecule has 4 aromatic rings. The molecule has 194 valence electrons. The van der Waals surface area contributed by atoms with Crippen molar-refractivity contribution in [3.63, 3.8) is 0 Å². The van der Waals surface area contributed by atoms with Crippen LogP contribution in [0.1, 0.15) is 32.3 Å². The van der Waals surface area contributed by atoms with Crippen LogP contribution in [-0.2, 0) is 22.8 Å². The summed E-state index contributed by atoms with van der Waals surface area (Å²) in [6.45, 7) is 6.19. The van der Waals surface area contributed by atoms with Crippen LogP contribution in [0.25, 0.3) is 22.2 Å². The van der Waals surface area contributed by atoms with Gasteiger partial charge in [0.15, 0.2) is 9.84 Å². The molecule has 0 unspecified atom stereocenters. The van der Waals surface area contributed by atoms with Crippen LogP contribution in [0.2, 0.25) is 0 Å². The Bertz CT molecular complexity index is 1530. The number of aromatic nitrogens is 5. The van der Waals surface area contributed by atoms with Gasteiger partial charge >= 0.3 is 0 Å². The number of hydrogen-bond donors (Lipinski definition) is 0. The van der Waals surface area contributed by atoms with Crippen LogP contribution in [-0.4, -0.2) is 58.4 Å². The van der Waals surface area contributed by atoms with E-state index in [0.717, 1.165) is 56.2 Å². The maximum absolute atomic E-state index is 15.0. The summed E-state index contributed by atoms with van der Waals surface area (Å²) in [7, 11) is -3.52. The van der Waals surface area contributed by atoms with Crippen LogP contribution in [0.5, 0.6) is 5.88 Å². The number of aryl methyl sites for hydroxylation is 2. The minimum Gasteiger partial charge on any atom is -0.473 e. The minimum absolute atomic E-state index is 0.0429. The lowest BCUT2D eigenvalue weighted by molar-refractivity contribution is 0.165. The van der Waals surface area contributed by atoms with E-state index in [1.165, 1.54) is 18.5 Å². The van der Waals surface area contributed by atoms with Gasteiger partial charge in [0.25, 0.3) is 0 Å². The molecule has 1 saturated heterocycles. The first kappa shape index (κ1) is 25.1. The molecule has 0 saturated carbocycles. The summed E-state index contributed by atoms with van der Waals surface area (Å²) in [6.07, 6.45) is 10.5. The number of hydrogen-bond acceptors (Lipinski definition) is 8. The fourth-order valence-corrected chi connectivity index (χ4v) is 5.24. The zero-order valence-corrected chi connectivity index (χ0v) is 21.9. The van der Waals surface area contributed by atoms with Crippen molar-refractivity contribution in [2.45, 2.75) is 50.7 Å². The van der Waals surface area contributed by atoms with Crippen molar-refractivity contribution in [3.05, 3.63) is 54.5 Å². The number of piperidine rings is 1. The molecule has 5 rings (SSSR count). The van der Waals surface area contributed by atoms with E-state index in [2.05, 4.69) is 31.8 Å². The van der Waals surface area contributed by atoms with E-state index in [-0.39, 0.29) is 16.6 Å². The summed E-state index contributed by atoms with van der Waals surface area (Å²) in [5, 5.41) is 0. The van der Waals surface area contributed by atoms with Crippen molar-refractivity contribution in [1.29, 1.82) is 0 Å². The molecule has 0 atom stereocenters. The first-order chi connectivity index (χ1) is 17.8. The third kappa shape index (κ3) is 5.00. The van der Waals surface area contributed by atoms with Crippen molar-refractivity contribution >= 4 is 26.8 Å². The second-order valence-electron chi connectivity index (χ2n) is 9.17. The van der Waals surface area contributed by atoms with Crippen molar-refractivity contribution in [2.75, 3.05) is 24.2 Å². The van der Waals surface area contributed by atoms with Crippen LogP contribution < -0.4 is 9.64 Å². The van der Waals surface area contributed by atoms with Gasteiger partial charge < -0.3 is 14.2 Å². The van der Waals surface area contributed by atoms with Gasteiger partial charge in [0.05, 0.1) is 4.90 Å². The van der Waals surface area contributed by atoms with Crippen molar-refractivity contribution in [1.82, 2.24) is 24.5 Å². The zero-order valence-electron chi connectivity index (χ0n) is 21.1. The van der Waals surface area contributed by atoms with E-state index in [1.54, 1.807) is 0 Å². The summed E-state index contributed by atoms with van der Waals surface area (Å²) in [4.78, 5) is 19.9. The molecule has 1 aliphatic rings. The monoisotopic (exact) mass is 524 g/mol. The van der Waals surface area contributed by atoms with Crippen molar-refractivity contribution < 1.29 is 17.5 Å². The Hall–Kier alpha value is -3.60. The lowest BCUT2D eigenvalue weighted by Crippen LogP contribution is -2.39. The molecule has 0 N–H and O–H groups in total. The van der Waals surface area contributed by atoms with Crippen molar-refractivity contribution in [3.8, 4) is 17.0 Å². The normalized spacial score (nSPS) is 14.9. The third-order valence-corrected chi connectivity index (χ3v) is 7.83. The van der Waals surface area contributed by atoms with E-state index in [1.807, 2.05) is 30.1 Å². The molecule has 11 heteroatoms. The Labute approximate surface area is 215 Å². The number of halogens is 1. The molecule has 3 aromatic heterocycles. The standard InChI is InChI=1S/C26H29FN6O3S/c1-4-17-13-28-26(29-14-17)33-10-8-18(9-11-33)36-25-24-23(30-16-31-25)21(15-32(24)5-2)20-7-6-19(12-22(20)27)37(3,34)35/h6-7,12-16,18H,4-5,8-11H2,1-3H3. The topological polar surface area (TPSA) is 103 Å². The molecule has 1 aliphatic heterocycles. The zero-order chi connectivity index (χ0) is 26.2. The van der Waals surface area contributed by atoms with Gasteiger partial charge in [0.2, 0.25) is 11.8 Å². The first-order valence-electron chi connectivity index (χ1n) is 12.3. The summed E-state index contributed by atoms with van der Waals surface area (Å²) < 4.78 is 47.0. The Morgan fingerprint density at radius 1 is 1.05 bits per heavy atom. The largest absolute Gasteiger partial charge is 0.473 e. The maximum atomic E-state index is 15.0. The summed E-state index contributed by atoms with van der Waals surface area (Å²) in [6, 6.07) is 3.94. The van der Waals surface area contributed by atoms with E-state index in [0.29, 0.717) is 29.0 Å². The average Bonchev–Trinajstić information content (AvgIpc) is 3.28. The van der Waals surface area contributed by atoms with E-state index >= 15 is 4.39 Å². The van der Waals surface area contributed by atoms with Gasteiger partial charge in [-0.05, 0) is 31.0 Å². The SMILES string of the molecule is CCc1cnc(N2CCC(Oc3ncnc4c(-c5ccc(S(C)(=O)=O)cc5F)cn(CC)c34)CC2)nc1. The Kier molecular flexibility index (Phi) is 6.80. The van der Waals surface area contributed by atoms with E-state index in [9.17, 15) is 8.42 Å². The molecule has 0 amide bonds. The minimum atomic E-state index is -3.52. The van der Waals surface area contributed by atoms with Crippen LogP contribution in [0.4, 0.5) is 10.3 Å². The maximum Gasteiger partial charge on any atom is 0.242 e. The number of rotatable bonds is 7. The number of ether oxygens (including phenoxy) is 1. The Morgan fingerprint density at radius 2 is 1.78 bits per heavy atom. The summed E-state index contributed by atoms with van der Waals surface area (Å²) in [5.74, 6) is 0.558. The molecule has 0 bridgehead atoms. The lowest BCUT2D eigenvalue weighted by Gasteiger charge is -2.32. The van der Waals surface area contributed by atoms with Crippen LogP contribution in [0.3, 0.4) is 0 Å². The fourth-order valence-electron chi connectivity index (χ4n) is 4.60. The van der Waals surface area contributed by atoms with Gasteiger partial charge in [-0.15, -0.1) is 0 Å². The summed E-state index contributed by atoms with van der Waals surface area (Å²) in [5.41, 5.74) is 3.19. The van der Waals surface area contributed by atoms with Crippen molar-refractivity contribution in [2.24, 2.45) is 0 Å². The van der Waals surface area contributed by atoms with Crippen LogP contribution in [0, 0.1) is 5.82 Å². The number of benzene rings is 1. The predicted molar refractivity (Wildman–Crippen MR) is 139 cm³/mol. The molecule has 0 radical (unpaired) electrons. The Morgan fingerprint density at radius 3 is 2.41 bits per heavy atom. The molecule has 9 nitrogen and oxygen atoms in total. The molecule has 0 spiro atoms. The highest BCUT2D eigenvalue weighted by molar-refractivity contribution is 7.90. The Balaban J connectivity index is 1.39. The quantitative estimate of drug-likeness (QED) is 0.357. The van der Waals surface area contributed by atoms with Gasteiger partial charge in [-0.2, -0.15) is 4.98 Å². The molecular weight excluding hydrogens is 495 g/mol. The van der Waals surface area contributed by atoms with Gasteiger partial charge in [0, 0.05) is 68.4 Å². The van der Waals surface area contributed by atoms with E-state index in [4.69, 9.17) is 4.74 Å². The smallest absolute Gasteiger partial charge is 0.242 e. The lowest BCUT2D eigenvalue weighted by atomic mass is 10.1. The van der Waals surface area contributed by atoms with Gasteiger partial charge in [0.1, 0.15) is 29.3 Å². The van der Waals surface area contributed by atoms with Crippen LogP contribution >= 0.6 is 0 Å². The third-order valence-electron chi connectivity index (χ3n) is 6.72. The van der Waals surface area contributed by atoms with Gasteiger partial charge in [-0.3, -0.25) is 0 Å². The second kappa shape index (κ2) is 10.0. The molecular formula is C26H29FN6O3S. The number of sulfone groups is 1. The molecule has 1 fully saturated rings. The van der Waals surface area contributed by atoms with Gasteiger partial charge in [-0.1, -0.05) is 13.0 Å². The number of fused-ring (bicyclic) bond motifs is 1. The highest BCUT2D eigenvalue weighted by Gasteiger charge is 2.25. The highest BCUT2D eigenvalue weighted by Crippen LogP contribution is 2.36.